The number of methoxy groups -OCH3 is 2. The summed E-state index contributed by atoms with van der Waals surface area (Å²) in [6.45, 7) is 0. The fraction of sp³-hybridized carbons (Fsp3) is 0.250. The zero-order valence-corrected chi connectivity index (χ0v) is 14.8. The van der Waals surface area contributed by atoms with Crippen molar-refractivity contribution < 1.29 is 14.3 Å². The Balaban J connectivity index is 1.41. The van der Waals surface area contributed by atoms with Crippen LogP contribution in [0, 0.1) is 0 Å². The van der Waals surface area contributed by atoms with E-state index in [2.05, 4.69) is 27.8 Å². The molecule has 134 valence electrons. The van der Waals surface area contributed by atoms with Crippen LogP contribution in [-0.4, -0.2) is 31.3 Å². The van der Waals surface area contributed by atoms with Crippen molar-refractivity contribution >= 4 is 22.6 Å². The molecule has 26 heavy (non-hydrogen) atoms. The Morgan fingerprint density at radius 1 is 1.08 bits per heavy atom. The molecule has 3 aromatic rings. The smallest absolute Gasteiger partial charge is 0.319 e. The molecule has 1 atom stereocenters. The Bertz CT molecular complexity index is 964. The van der Waals surface area contributed by atoms with Gasteiger partial charge >= 0.3 is 6.03 Å². The van der Waals surface area contributed by atoms with Gasteiger partial charge in [0.25, 0.3) is 0 Å². The van der Waals surface area contributed by atoms with Crippen molar-refractivity contribution in [2.75, 3.05) is 19.5 Å². The number of benzene rings is 2. The maximum absolute atomic E-state index is 12.4. The number of hydrogen-bond acceptors (Lipinski definition) is 3. The molecule has 6 heteroatoms. The molecule has 0 spiro atoms. The van der Waals surface area contributed by atoms with Crippen LogP contribution in [-0.2, 0) is 12.8 Å². The maximum atomic E-state index is 12.4. The van der Waals surface area contributed by atoms with E-state index in [9.17, 15) is 4.79 Å². The van der Waals surface area contributed by atoms with Crippen molar-refractivity contribution in [1.82, 2.24) is 10.3 Å². The highest BCUT2D eigenvalue weighted by Gasteiger charge is 2.26. The molecule has 4 rings (SSSR count). The van der Waals surface area contributed by atoms with Gasteiger partial charge in [-0.1, -0.05) is 18.2 Å². The minimum Gasteiger partial charge on any atom is -0.493 e. The van der Waals surface area contributed by atoms with Gasteiger partial charge in [0.05, 0.1) is 14.2 Å². The fourth-order valence-corrected chi connectivity index (χ4v) is 3.60. The summed E-state index contributed by atoms with van der Waals surface area (Å²) in [6.07, 6.45) is 1.64. The monoisotopic (exact) mass is 351 g/mol. The molecule has 0 aliphatic heterocycles. The average Bonchev–Trinajstić information content (AvgIpc) is 3.18. The van der Waals surface area contributed by atoms with Crippen molar-refractivity contribution in [2.24, 2.45) is 0 Å². The van der Waals surface area contributed by atoms with E-state index >= 15 is 0 Å². The van der Waals surface area contributed by atoms with Crippen molar-refractivity contribution in [3.8, 4) is 11.5 Å². The van der Waals surface area contributed by atoms with E-state index in [0.717, 1.165) is 18.4 Å². The second-order valence-corrected chi connectivity index (χ2v) is 6.40. The normalized spacial score (nSPS) is 15.5. The molecule has 1 unspecified atom stereocenters. The molecule has 1 aromatic heterocycles. The van der Waals surface area contributed by atoms with Gasteiger partial charge in [-0.2, -0.15) is 0 Å². The van der Waals surface area contributed by atoms with E-state index in [1.165, 1.54) is 16.6 Å². The van der Waals surface area contributed by atoms with E-state index in [0.29, 0.717) is 17.2 Å². The SMILES string of the molecule is COc1ccc(NC(=O)NC2Cc3[nH]c4ccccc4c3C2)cc1OC. The van der Waals surface area contributed by atoms with Crippen molar-refractivity contribution in [2.45, 2.75) is 18.9 Å². The van der Waals surface area contributed by atoms with Gasteiger partial charge in [0, 0.05) is 40.8 Å². The number of amides is 2. The molecule has 0 saturated carbocycles. The number of carbonyl (C=O) groups excluding carboxylic acids is 1. The van der Waals surface area contributed by atoms with Crippen molar-refractivity contribution in [3.05, 3.63) is 53.7 Å². The number of ether oxygens (including phenoxy) is 2. The number of aromatic amines is 1. The second kappa shape index (κ2) is 6.63. The highest BCUT2D eigenvalue weighted by molar-refractivity contribution is 5.90. The topological polar surface area (TPSA) is 75.4 Å². The highest BCUT2D eigenvalue weighted by atomic mass is 16.5. The minimum absolute atomic E-state index is 0.0843. The third-order valence-electron chi connectivity index (χ3n) is 4.78. The van der Waals surface area contributed by atoms with Crippen LogP contribution in [0.1, 0.15) is 11.3 Å². The molecule has 6 nitrogen and oxygen atoms in total. The summed E-state index contributed by atoms with van der Waals surface area (Å²) in [5.41, 5.74) is 4.33. The fourth-order valence-electron chi connectivity index (χ4n) is 3.60. The first kappa shape index (κ1) is 16.3. The first-order chi connectivity index (χ1) is 12.7. The third kappa shape index (κ3) is 2.94. The first-order valence-corrected chi connectivity index (χ1v) is 8.56. The van der Waals surface area contributed by atoms with E-state index < -0.39 is 0 Å². The van der Waals surface area contributed by atoms with Gasteiger partial charge in [0.1, 0.15) is 0 Å². The summed E-state index contributed by atoms with van der Waals surface area (Å²) >= 11 is 0. The number of para-hydroxylation sites is 1. The summed E-state index contributed by atoms with van der Waals surface area (Å²) in [6, 6.07) is 13.4. The third-order valence-corrected chi connectivity index (χ3v) is 4.78. The number of nitrogens with one attached hydrogen (secondary N) is 3. The van der Waals surface area contributed by atoms with Gasteiger partial charge in [0.2, 0.25) is 0 Å². The van der Waals surface area contributed by atoms with E-state index in [1.54, 1.807) is 32.4 Å². The molecule has 1 aliphatic rings. The summed E-state index contributed by atoms with van der Waals surface area (Å²) in [5, 5.41) is 7.15. The van der Waals surface area contributed by atoms with Crippen LogP contribution in [0.5, 0.6) is 11.5 Å². The van der Waals surface area contributed by atoms with Gasteiger partial charge in [-0.3, -0.25) is 0 Å². The summed E-state index contributed by atoms with van der Waals surface area (Å²) in [5.74, 6) is 1.20. The Morgan fingerprint density at radius 2 is 1.88 bits per heavy atom. The quantitative estimate of drug-likeness (QED) is 0.674. The standard InChI is InChI=1S/C20H21N3O3/c1-25-18-8-7-12(11-19(18)26-2)21-20(24)22-13-9-15-14-5-3-4-6-16(14)23-17(15)10-13/h3-8,11,13,23H,9-10H2,1-2H3,(H2,21,22,24). The molecule has 0 fully saturated rings. The first-order valence-electron chi connectivity index (χ1n) is 8.56. The molecule has 3 N–H and O–H groups in total. The van der Waals surface area contributed by atoms with Crippen molar-refractivity contribution in [3.63, 3.8) is 0 Å². The van der Waals surface area contributed by atoms with Crippen molar-refractivity contribution in [1.29, 1.82) is 0 Å². The van der Waals surface area contributed by atoms with Gasteiger partial charge in [-0.05, 0) is 30.2 Å². The lowest BCUT2D eigenvalue weighted by Crippen LogP contribution is -2.38. The lowest BCUT2D eigenvalue weighted by Gasteiger charge is -2.15. The lowest BCUT2D eigenvalue weighted by molar-refractivity contribution is 0.248. The predicted molar refractivity (Wildman–Crippen MR) is 101 cm³/mol. The summed E-state index contributed by atoms with van der Waals surface area (Å²) < 4.78 is 10.5. The Hall–Kier alpha value is -3.15. The Kier molecular flexibility index (Phi) is 4.16. The van der Waals surface area contributed by atoms with Gasteiger partial charge in [-0.15, -0.1) is 0 Å². The van der Waals surface area contributed by atoms with Gasteiger partial charge in [-0.25, -0.2) is 4.79 Å². The molecular weight excluding hydrogens is 330 g/mol. The summed E-state index contributed by atoms with van der Waals surface area (Å²) in [4.78, 5) is 15.8. The van der Waals surface area contributed by atoms with Crippen LogP contribution < -0.4 is 20.1 Å². The minimum atomic E-state index is -0.225. The Labute approximate surface area is 151 Å². The number of hydrogen-bond donors (Lipinski definition) is 3. The zero-order chi connectivity index (χ0) is 18.1. The Morgan fingerprint density at radius 3 is 2.69 bits per heavy atom. The number of H-pyrrole nitrogens is 1. The van der Waals surface area contributed by atoms with Gasteiger partial charge < -0.3 is 25.1 Å². The molecule has 0 saturated heterocycles. The largest absolute Gasteiger partial charge is 0.493 e. The van der Waals surface area contributed by atoms with E-state index in [4.69, 9.17) is 9.47 Å². The zero-order valence-electron chi connectivity index (χ0n) is 14.8. The number of carbonyl (C=O) groups is 1. The average molecular weight is 351 g/mol. The van der Waals surface area contributed by atoms with Crippen LogP contribution in [0.25, 0.3) is 10.9 Å². The highest BCUT2D eigenvalue weighted by Crippen LogP contribution is 2.31. The van der Waals surface area contributed by atoms with E-state index in [-0.39, 0.29) is 12.1 Å². The molecule has 2 amide bonds. The van der Waals surface area contributed by atoms with Crippen LogP contribution in [0.15, 0.2) is 42.5 Å². The number of aromatic nitrogens is 1. The molecule has 0 radical (unpaired) electrons. The number of fused-ring (bicyclic) bond motifs is 3. The molecule has 2 aromatic carbocycles. The van der Waals surface area contributed by atoms with Crippen LogP contribution >= 0.6 is 0 Å². The van der Waals surface area contributed by atoms with Gasteiger partial charge in [0.15, 0.2) is 11.5 Å². The summed E-state index contributed by atoms with van der Waals surface area (Å²) in [7, 11) is 3.15. The van der Waals surface area contributed by atoms with E-state index in [1.807, 2.05) is 12.1 Å². The predicted octanol–water partition coefficient (Wildman–Crippen LogP) is 3.47. The number of rotatable bonds is 4. The molecular formula is C20H21N3O3. The molecule has 0 bridgehead atoms. The van der Waals surface area contributed by atoms with Crippen LogP contribution in [0.4, 0.5) is 10.5 Å². The second-order valence-electron chi connectivity index (χ2n) is 6.40. The van der Waals surface area contributed by atoms with Crippen LogP contribution in [0.3, 0.4) is 0 Å². The number of urea groups is 1. The maximum Gasteiger partial charge on any atom is 0.319 e. The molecule has 1 aliphatic carbocycles. The lowest BCUT2D eigenvalue weighted by atomic mass is 10.1. The number of anilines is 1. The van der Waals surface area contributed by atoms with Crippen LogP contribution in [0.2, 0.25) is 0 Å². The molecule has 1 heterocycles.